The van der Waals surface area contributed by atoms with Crippen LogP contribution in [0.25, 0.3) is 10.2 Å². The number of fused-ring (bicyclic) bond motifs is 1. The van der Waals surface area contributed by atoms with E-state index in [0.717, 1.165) is 20.7 Å². The first-order valence-electron chi connectivity index (χ1n) is 8.27. The van der Waals surface area contributed by atoms with Crippen molar-refractivity contribution in [2.24, 2.45) is 0 Å². The van der Waals surface area contributed by atoms with E-state index in [1.54, 1.807) is 24.3 Å². The van der Waals surface area contributed by atoms with Gasteiger partial charge in [0.2, 0.25) is 11.8 Å². The molecule has 1 saturated heterocycles. The Morgan fingerprint density at radius 1 is 1.19 bits per heavy atom. The Bertz CT molecular complexity index is 1090. The fraction of sp³-hybridized carbons (Fsp3) is 0.158. The first-order chi connectivity index (χ1) is 12.9. The molecule has 0 spiro atoms. The number of nitrogens with zero attached hydrogens (tertiary/aromatic N) is 2. The third kappa shape index (κ3) is 3.20. The van der Waals surface area contributed by atoms with E-state index in [2.05, 4.69) is 10.3 Å². The van der Waals surface area contributed by atoms with Crippen molar-refractivity contribution in [1.82, 2.24) is 4.98 Å². The molecule has 1 aromatic heterocycles. The quantitative estimate of drug-likeness (QED) is 0.670. The number of aromatic nitrogens is 1. The molecule has 2 heterocycles. The van der Waals surface area contributed by atoms with Gasteiger partial charge in [0.15, 0.2) is 5.13 Å². The van der Waals surface area contributed by atoms with E-state index in [-0.39, 0.29) is 30.6 Å². The Morgan fingerprint density at radius 2 is 1.93 bits per heavy atom. The van der Waals surface area contributed by atoms with E-state index in [0.29, 0.717) is 21.4 Å². The highest BCUT2D eigenvalue weighted by atomic mass is 35.5. The molecule has 0 atom stereocenters. The summed E-state index contributed by atoms with van der Waals surface area (Å²) >= 11 is 7.47. The highest BCUT2D eigenvalue weighted by Gasteiger charge is 2.30. The SMILES string of the molecule is Cc1c(Cl)ccc2sc(NC(=O)c3cccc(N4C(=O)CCC4=O)c3)nc12. The van der Waals surface area contributed by atoms with Crippen LogP contribution in [0.5, 0.6) is 0 Å². The normalized spacial score (nSPS) is 14.2. The molecule has 2 aromatic carbocycles. The number of nitrogens with one attached hydrogen (secondary N) is 1. The molecule has 136 valence electrons. The lowest BCUT2D eigenvalue weighted by Gasteiger charge is -2.14. The van der Waals surface area contributed by atoms with Crippen LogP contribution < -0.4 is 10.2 Å². The Kier molecular flexibility index (Phi) is 4.41. The molecule has 0 radical (unpaired) electrons. The molecule has 3 amide bonds. The number of benzene rings is 2. The van der Waals surface area contributed by atoms with Crippen LogP contribution in [-0.4, -0.2) is 22.7 Å². The van der Waals surface area contributed by atoms with Gasteiger partial charge in [-0.15, -0.1) is 0 Å². The first-order valence-corrected chi connectivity index (χ1v) is 9.46. The van der Waals surface area contributed by atoms with E-state index in [1.807, 2.05) is 13.0 Å². The van der Waals surface area contributed by atoms with E-state index < -0.39 is 0 Å². The predicted octanol–water partition coefficient (Wildman–Crippen LogP) is 4.16. The monoisotopic (exact) mass is 399 g/mol. The number of carbonyl (C=O) groups excluding carboxylic acids is 3. The fourth-order valence-corrected chi connectivity index (χ4v) is 4.05. The van der Waals surface area contributed by atoms with Crippen LogP contribution in [0.2, 0.25) is 5.02 Å². The van der Waals surface area contributed by atoms with E-state index in [1.165, 1.54) is 17.4 Å². The second-order valence-corrected chi connectivity index (χ2v) is 7.60. The second kappa shape index (κ2) is 6.75. The molecule has 1 aliphatic heterocycles. The number of rotatable bonds is 3. The lowest BCUT2D eigenvalue weighted by atomic mass is 10.2. The number of halogens is 1. The summed E-state index contributed by atoms with van der Waals surface area (Å²) in [5.74, 6) is -0.870. The van der Waals surface area contributed by atoms with Crippen LogP contribution in [0.1, 0.15) is 28.8 Å². The van der Waals surface area contributed by atoms with Gasteiger partial charge >= 0.3 is 0 Å². The average Bonchev–Trinajstić information content (AvgIpc) is 3.21. The third-order valence-electron chi connectivity index (χ3n) is 4.39. The van der Waals surface area contributed by atoms with Crippen molar-refractivity contribution in [2.45, 2.75) is 19.8 Å². The number of thiazole rings is 1. The number of carbonyl (C=O) groups is 3. The van der Waals surface area contributed by atoms with Gasteiger partial charge in [0, 0.05) is 23.4 Å². The van der Waals surface area contributed by atoms with Gasteiger partial charge in [0.1, 0.15) is 0 Å². The van der Waals surface area contributed by atoms with Crippen LogP contribution >= 0.6 is 22.9 Å². The molecule has 6 nitrogen and oxygen atoms in total. The average molecular weight is 400 g/mol. The van der Waals surface area contributed by atoms with Crippen molar-refractivity contribution >= 4 is 61.7 Å². The van der Waals surface area contributed by atoms with Crippen LogP contribution in [0.3, 0.4) is 0 Å². The smallest absolute Gasteiger partial charge is 0.257 e. The van der Waals surface area contributed by atoms with Crippen LogP contribution in [0.4, 0.5) is 10.8 Å². The van der Waals surface area contributed by atoms with Crippen molar-refractivity contribution in [3.05, 3.63) is 52.5 Å². The fourth-order valence-electron chi connectivity index (χ4n) is 2.97. The number of imide groups is 1. The summed E-state index contributed by atoms with van der Waals surface area (Å²) in [4.78, 5) is 42.0. The minimum Gasteiger partial charge on any atom is -0.298 e. The zero-order chi connectivity index (χ0) is 19.1. The Labute approximate surface area is 163 Å². The summed E-state index contributed by atoms with van der Waals surface area (Å²) < 4.78 is 0.925. The standard InChI is InChI=1S/C19H14ClN3O3S/c1-10-13(20)5-6-14-17(10)21-19(27-14)22-18(26)11-3-2-4-12(9-11)23-15(24)7-8-16(23)25/h2-6,9H,7-8H2,1H3,(H,21,22,26). The van der Waals surface area contributed by atoms with Crippen molar-refractivity contribution in [3.63, 3.8) is 0 Å². The van der Waals surface area contributed by atoms with Gasteiger partial charge in [-0.3, -0.25) is 24.6 Å². The molecule has 0 aliphatic carbocycles. The van der Waals surface area contributed by atoms with Crippen LogP contribution in [0, 0.1) is 6.92 Å². The van der Waals surface area contributed by atoms with E-state index in [4.69, 9.17) is 11.6 Å². The lowest BCUT2D eigenvalue weighted by molar-refractivity contribution is -0.121. The van der Waals surface area contributed by atoms with Gasteiger partial charge in [-0.2, -0.15) is 0 Å². The number of hydrogen-bond donors (Lipinski definition) is 1. The van der Waals surface area contributed by atoms with E-state index >= 15 is 0 Å². The Hall–Kier alpha value is -2.77. The summed E-state index contributed by atoms with van der Waals surface area (Å²) in [7, 11) is 0. The zero-order valence-electron chi connectivity index (χ0n) is 14.3. The largest absolute Gasteiger partial charge is 0.298 e. The minimum atomic E-state index is -0.362. The minimum absolute atomic E-state index is 0.197. The molecule has 1 fully saturated rings. The number of anilines is 2. The second-order valence-electron chi connectivity index (χ2n) is 6.17. The van der Waals surface area contributed by atoms with Crippen molar-refractivity contribution < 1.29 is 14.4 Å². The summed E-state index contributed by atoms with van der Waals surface area (Å²) in [6, 6.07) is 10.1. The maximum Gasteiger partial charge on any atom is 0.257 e. The predicted molar refractivity (Wildman–Crippen MR) is 105 cm³/mol. The topological polar surface area (TPSA) is 79.4 Å². The van der Waals surface area contributed by atoms with Gasteiger partial charge in [0.25, 0.3) is 5.91 Å². The highest BCUT2D eigenvalue weighted by Crippen LogP contribution is 2.32. The highest BCUT2D eigenvalue weighted by molar-refractivity contribution is 7.22. The molecule has 4 rings (SSSR count). The number of aryl methyl sites for hydroxylation is 1. The van der Waals surface area contributed by atoms with E-state index in [9.17, 15) is 14.4 Å². The maximum atomic E-state index is 12.6. The summed E-state index contributed by atoms with van der Waals surface area (Å²) in [5.41, 5.74) is 2.36. The maximum absolute atomic E-state index is 12.6. The zero-order valence-corrected chi connectivity index (χ0v) is 15.9. The molecule has 0 bridgehead atoms. The summed E-state index contributed by atoms with van der Waals surface area (Å²) in [6.07, 6.45) is 0.395. The lowest BCUT2D eigenvalue weighted by Crippen LogP contribution is -2.28. The molecular formula is C19H14ClN3O3S. The van der Waals surface area contributed by atoms with Gasteiger partial charge < -0.3 is 0 Å². The van der Waals surface area contributed by atoms with Crippen LogP contribution in [0.15, 0.2) is 36.4 Å². The number of amides is 3. The van der Waals surface area contributed by atoms with Gasteiger partial charge in [-0.1, -0.05) is 29.0 Å². The van der Waals surface area contributed by atoms with Crippen molar-refractivity contribution in [2.75, 3.05) is 10.2 Å². The Morgan fingerprint density at radius 3 is 2.67 bits per heavy atom. The van der Waals surface area contributed by atoms with Gasteiger partial charge in [-0.05, 0) is 42.8 Å². The molecule has 1 N–H and O–H groups in total. The third-order valence-corrected chi connectivity index (χ3v) is 5.73. The molecule has 0 saturated carbocycles. The van der Waals surface area contributed by atoms with Crippen molar-refractivity contribution in [3.8, 4) is 0 Å². The first kappa shape index (κ1) is 17.6. The summed E-state index contributed by atoms with van der Waals surface area (Å²) in [6.45, 7) is 1.88. The number of hydrogen-bond acceptors (Lipinski definition) is 5. The van der Waals surface area contributed by atoms with Crippen molar-refractivity contribution in [1.29, 1.82) is 0 Å². The molecule has 8 heteroatoms. The molecular weight excluding hydrogens is 386 g/mol. The molecule has 27 heavy (non-hydrogen) atoms. The van der Waals surface area contributed by atoms with Gasteiger partial charge in [-0.25, -0.2) is 4.98 Å². The molecule has 3 aromatic rings. The van der Waals surface area contributed by atoms with Gasteiger partial charge in [0.05, 0.1) is 15.9 Å². The summed E-state index contributed by atoms with van der Waals surface area (Å²) in [5, 5.41) is 3.85. The molecule has 1 aliphatic rings. The Balaban J connectivity index is 1.60. The molecule has 0 unspecified atom stereocenters. The van der Waals surface area contributed by atoms with Crippen LogP contribution in [-0.2, 0) is 9.59 Å².